The summed E-state index contributed by atoms with van der Waals surface area (Å²) >= 11 is 1.33. The molecule has 1 aromatic rings. The molecule has 1 amide bonds. The van der Waals surface area contributed by atoms with E-state index in [9.17, 15) is 23.3 Å². The molecule has 1 heterocycles. The zero-order valence-electron chi connectivity index (χ0n) is 13.2. The van der Waals surface area contributed by atoms with Gasteiger partial charge in [0.25, 0.3) is 5.69 Å². The summed E-state index contributed by atoms with van der Waals surface area (Å²) in [4.78, 5) is 24.8. The second-order valence-electron chi connectivity index (χ2n) is 5.58. The SMILES string of the molecule is CS(=O)(=O)NC1CCN(C(=O)CSc2ccc([N+](=O)[O-])cc2)CC1. The van der Waals surface area contributed by atoms with Gasteiger partial charge < -0.3 is 4.90 Å². The van der Waals surface area contributed by atoms with Gasteiger partial charge in [0.1, 0.15) is 0 Å². The Balaban J connectivity index is 1.78. The minimum Gasteiger partial charge on any atom is -0.342 e. The van der Waals surface area contributed by atoms with Gasteiger partial charge in [-0.1, -0.05) is 0 Å². The second kappa shape index (κ2) is 7.95. The molecule has 1 aliphatic rings. The van der Waals surface area contributed by atoms with Gasteiger partial charge in [-0.3, -0.25) is 14.9 Å². The van der Waals surface area contributed by atoms with Crippen LogP contribution in [0.15, 0.2) is 29.2 Å². The van der Waals surface area contributed by atoms with Gasteiger partial charge >= 0.3 is 0 Å². The quantitative estimate of drug-likeness (QED) is 0.456. The summed E-state index contributed by atoms with van der Waals surface area (Å²) in [5.41, 5.74) is 0.0196. The van der Waals surface area contributed by atoms with Crippen molar-refractivity contribution in [3.05, 3.63) is 34.4 Å². The molecule has 10 heteroatoms. The molecule has 0 aliphatic carbocycles. The number of sulfonamides is 1. The first-order valence-electron chi connectivity index (χ1n) is 7.37. The van der Waals surface area contributed by atoms with Crippen LogP contribution in [0.5, 0.6) is 0 Å². The molecular weight excluding hydrogens is 354 g/mol. The van der Waals surface area contributed by atoms with Crippen molar-refractivity contribution in [2.75, 3.05) is 25.1 Å². The molecule has 0 radical (unpaired) electrons. The lowest BCUT2D eigenvalue weighted by molar-refractivity contribution is -0.384. The molecule has 0 aromatic heterocycles. The number of thioether (sulfide) groups is 1. The number of non-ortho nitro benzene ring substituents is 1. The van der Waals surface area contributed by atoms with Crippen molar-refractivity contribution in [1.29, 1.82) is 0 Å². The molecule has 1 saturated heterocycles. The van der Waals surface area contributed by atoms with E-state index in [1.807, 2.05) is 0 Å². The Labute approximate surface area is 144 Å². The Morgan fingerprint density at radius 3 is 2.42 bits per heavy atom. The third-order valence-electron chi connectivity index (χ3n) is 3.64. The van der Waals surface area contributed by atoms with Gasteiger partial charge in [0.2, 0.25) is 15.9 Å². The van der Waals surface area contributed by atoms with Gasteiger partial charge in [0, 0.05) is 36.2 Å². The molecule has 24 heavy (non-hydrogen) atoms. The second-order valence-corrected chi connectivity index (χ2v) is 8.41. The first-order valence-corrected chi connectivity index (χ1v) is 10.2. The van der Waals surface area contributed by atoms with E-state index in [1.54, 1.807) is 17.0 Å². The lowest BCUT2D eigenvalue weighted by Gasteiger charge is -2.32. The normalized spacial score (nSPS) is 16.1. The molecule has 1 fully saturated rings. The smallest absolute Gasteiger partial charge is 0.269 e. The molecule has 1 N–H and O–H groups in total. The van der Waals surface area contributed by atoms with E-state index in [2.05, 4.69) is 4.72 Å². The van der Waals surface area contributed by atoms with E-state index >= 15 is 0 Å². The number of nitro benzene ring substituents is 1. The van der Waals surface area contributed by atoms with Crippen LogP contribution >= 0.6 is 11.8 Å². The molecule has 0 spiro atoms. The molecule has 2 rings (SSSR count). The molecule has 8 nitrogen and oxygen atoms in total. The Hall–Kier alpha value is -1.65. The highest BCUT2D eigenvalue weighted by Gasteiger charge is 2.24. The number of hydrogen-bond acceptors (Lipinski definition) is 6. The summed E-state index contributed by atoms with van der Waals surface area (Å²) in [5, 5.41) is 10.6. The molecule has 0 saturated carbocycles. The number of rotatable bonds is 6. The lowest BCUT2D eigenvalue weighted by Crippen LogP contribution is -2.46. The Morgan fingerprint density at radius 2 is 1.92 bits per heavy atom. The van der Waals surface area contributed by atoms with E-state index in [4.69, 9.17) is 0 Å². The molecule has 0 unspecified atom stereocenters. The maximum atomic E-state index is 12.2. The number of carbonyl (C=O) groups excluding carboxylic acids is 1. The first-order chi connectivity index (χ1) is 11.2. The van der Waals surface area contributed by atoms with Gasteiger partial charge in [-0.05, 0) is 25.0 Å². The summed E-state index contributed by atoms with van der Waals surface area (Å²) in [6.45, 7) is 1.04. The van der Waals surface area contributed by atoms with E-state index in [0.29, 0.717) is 25.9 Å². The number of benzene rings is 1. The van der Waals surface area contributed by atoms with Crippen LogP contribution in [0.2, 0.25) is 0 Å². The highest BCUT2D eigenvalue weighted by molar-refractivity contribution is 8.00. The van der Waals surface area contributed by atoms with Crippen LogP contribution in [0.3, 0.4) is 0 Å². The summed E-state index contributed by atoms with van der Waals surface area (Å²) < 4.78 is 25.0. The van der Waals surface area contributed by atoms with E-state index < -0.39 is 14.9 Å². The van der Waals surface area contributed by atoms with Crippen LogP contribution in [-0.4, -0.2) is 55.3 Å². The summed E-state index contributed by atoms with van der Waals surface area (Å²) in [6, 6.07) is 5.95. The average molecular weight is 373 g/mol. The number of piperidine rings is 1. The summed E-state index contributed by atoms with van der Waals surface area (Å²) in [7, 11) is -3.22. The van der Waals surface area contributed by atoms with Crippen molar-refractivity contribution < 1.29 is 18.1 Å². The minimum absolute atomic E-state index is 0.0174. The van der Waals surface area contributed by atoms with Gasteiger partial charge in [0.15, 0.2) is 0 Å². The number of carbonyl (C=O) groups is 1. The van der Waals surface area contributed by atoms with Gasteiger partial charge in [-0.2, -0.15) is 0 Å². The standard InChI is InChI=1S/C14H19N3O5S2/c1-24(21,22)15-11-6-8-16(9-7-11)14(18)10-23-13-4-2-12(3-5-13)17(19)20/h2-5,11,15H,6-10H2,1H3. The number of amides is 1. The average Bonchev–Trinajstić information content (AvgIpc) is 2.52. The third kappa shape index (κ3) is 5.77. The van der Waals surface area contributed by atoms with Crippen molar-refractivity contribution in [3.8, 4) is 0 Å². The van der Waals surface area contributed by atoms with Crippen LogP contribution in [0.1, 0.15) is 12.8 Å². The highest BCUT2D eigenvalue weighted by Crippen LogP contribution is 2.22. The highest BCUT2D eigenvalue weighted by atomic mass is 32.2. The van der Waals surface area contributed by atoms with Crippen LogP contribution < -0.4 is 4.72 Å². The van der Waals surface area contributed by atoms with Gasteiger partial charge in [-0.25, -0.2) is 13.1 Å². The number of nitro groups is 1. The van der Waals surface area contributed by atoms with Crippen molar-refractivity contribution in [2.24, 2.45) is 0 Å². The van der Waals surface area contributed by atoms with Crippen molar-refractivity contribution in [3.63, 3.8) is 0 Å². The topological polar surface area (TPSA) is 110 Å². The molecule has 1 aromatic carbocycles. The number of likely N-dealkylation sites (tertiary alicyclic amines) is 1. The van der Waals surface area contributed by atoms with E-state index in [1.165, 1.54) is 23.9 Å². The van der Waals surface area contributed by atoms with Crippen molar-refractivity contribution >= 4 is 33.4 Å². The third-order valence-corrected chi connectivity index (χ3v) is 5.40. The zero-order valence-corrected chi connectivity index (χ0v) is 14.8. The van der Waals surface area contributed by atoms with E-state index in [0.717, 1.165) is 11.2 Å². The fourth-order valence-corrected chi connectivity index (χ4v) is 4.09. The Kier molecular flexibility index (Phi) is 6.19. The molecule has 0 atom stereocenters. The number of nitrogens with one attached hydrogen (secondary N) is 1. The molecule has 0 bridgehead atoms. The first kappa shape index (κ1) is 18.7. The predicted molar refractivity (Wildman–Crippen MR) is 91.4 cm³/mol. The lowest BCUT2D eigenvalue weighted by atomic mass is 10.1. The maximum absolute atomic E-state index is 12.2. The Bertz CT molecular complexity index is 698. The van der Waals surface area contributed by atoms with Crippen LogP contribution in [0, 0.1) is 10.1 Å². The van der Waals surface area contributed by atoms with Crippen molar-refractivity contribution in [2.45, 2.75) is 23.8 Å². The fraction of sp³-hybridized carbons (Fsp3) is 0.500. The Morgan fingerprint density at radius 1 is 1.33 bits per heavy atom. The minimum atomic E-state index is -3.22. The van der Waals surface area contributed by atoms with Crippen LogP contribution in [0.4, 0.5) is 5.69 Å². The fourth-order valence-electron chi connectivity index (χ4n) is 2.45. The van der Waals surface area contributed by atoms with Gasteiger partial charge in [-0.15, -0.1) is 11.8 Å². The van der Waals surface area contributed by atoms with Crippen LogP contribution in [-0.2, 0) is 14.8 Å². The van der Waals surface area contributed by atoms with Gasteiger partial charge in [0.05, 0.1) is 16.9 Å². The van der Waals surface area contributed by atoms with E-state index in [-0.39, 0.29) is 23.4 Å². The molecule has 1 aliphatic heterocycles. The summed E-state index contributed by atoms with van der Waals surface area (Å²) in [6.07, 6.45) is 2.33. The maximum Gasteiger partial charge on any atom is 0.269 e. The van der Waals surface area contributed by atoms with Crippen LogP contribution in [0.25, 0.3) is 0 Å². The largest absolute Gasteiger partial charge is 0.342 e. The number of nitrogens with zero attached hydrogens (tertiary/aromatic N) is 2. The van der Waals surface area contributed by atoms with Crippen molar-refractivity contribution in [1.82, 2.24) is 9.62 Å². The number of hydrogen-bond donors (Lipinski definition) is 1. The summed E-state index contributed by atoms with van der Waals surface area (Å²) in [5.74, 6) is 0.235. The predicted octanol–water partition coefficient (Wildman–Crippen LogP) is 1.23. The monoisotopic (exact) mass is 373 g/mol. The zero-order chi connectivity index (χ0) is 17.7. The molecular formula is C14H19N3O5S2. The molecule has 132 valence electrons.